The van der Waals surface area contributed by atoms with Gasteiger partial charge in [-0.15, -0.1) is 11.8 Å². The lowest BCUT2D eigenvalue weighted by molar-refractivity contribution is -0.118. The van der Waals surface area contributed by atoms with E-state index < -0.39 is 5.92 Å². The van der Waals surface area contributed by atoms with Gasteiger partial charge in [0.05, 0.1) is 36.8 Å². The Morgan fingerprint density at radius 1 is 1.15 bits per heavy atom. The zero-order valence-electron chi connectivity index (χ0n) is 19.7. The van der Waals surface area contributed by atoms with Crippen molar-refractivity contribution in [1.29, 1.82) is 5.26 Å². The maximum atomic E-state index is 13.4. The number of thioether (sulfide) groups is 1. The van der Waals surface area contributed by atoms with E-state index in [1.165, 1.54) is 11.8 Å². The van der Waals surface area contributed by atoms with Crippen LogP contribution in [-0.4, -0.2) is 20.0 Å². The van der Waals surface area contributed by atoms with E-state index in [1.807, 2.05) is 42.5 Å². The van der Waals surface area contributed by atoms with E-state index >= 15 is 0 Å². The average molecular weight is 495 g/mol. The Kier molecular flexibility index (Phi) is 6.97. The van der Waals surface area contributed by atoms with E-state index in [9.17, 15) is 10.1 Å². The molecular formula is C27H27ClN2O3S. The standard InChI is InChI=1S/C27H27ClN2O3S/c1-27(2)12-20-25(21(31)13-27)24(16-9-10-22(32-3)23(11-16)33-4)18(14-29)26(30-20)34-15-17-7-5-6-8-19(17)28/h5-11,24,30H,12-13,15H2,1-4H3/t24-/m1/s1. The van der Waals surface area contributed by atoms with Gasteiger partial charge in [0.25, 0.3) is 0 Å². The van der Waals surface area contributed by atoms with Gasteiger partial charge in [-0.2, -0.15) is 5.26 Å². The van der Waals surface area contributed by atoms with Crippen molar-refractivity contribution in [1.82, 2.24) is 5.32 Å². The first kappa shape index (κ1) is 24.3. The lowest BCUT2D eigenvalue weighted by Gasteiger charge is -2.39. The summed E-state index contributed by atoms with van der Waals surface area (Å²) >= 11 is 7.90. The Balaban J connectivity index is 1.82. The summed E-state index contributed by atoms with van der Waals surface area (Å²) in [4.78, 5) is 13.4. The zero-order valence-corrected chi connectivity index (χ0v) is 21.3. The van der Waals surface area contributed by atoms with Crippen molar-refractivity contribution in [3.63, 3.8) is 0 Å². The summed E-state index contributed by atoms with van der Waals surface area (Å²) in [5.74, 6) is 1.36. The predicted octanol–water partition coefficient (Wildman–Crippen LogP) is 6.36. The molecule has 0 bridgehead atoms. The number of nitrogens with zero attached hydrogens (tertiary/aromatic N) is 1. The summed E-state index contributed by atoms with van der Waals surface area (Å²) in [7, 11) is 3.16. The minimum atomic E-state index is -0.474. The van der Waals surface area contributed by atoms with Gasteiger partial charge in [0.15, 0.2) is 17.3 Å². The third-order valence-corrected chi connectivity index (χ3v) is 7.63. The van der Waals surface area contributed by atoms with Crippen LogP contribution in [0.3, 0.4) is 0 Å². The van der Waals surface area contributed by atoms with Gasteiger partial charge < -0.3 is 14.8 Å². The zero-order chi connectivity index (χ0) is 24.5. The first-order valence-corrected chi connectivity index (χ1v) is 12.4. The van der Waals surface area contributed by atoms with Crippen LogP contribution in [0, 0.1) is 16.7 Å². The molecular weight excluding hydrogens is 468 g/mol. The largest absolute Gasteiger partial charge is 0.493 e. The van der Waals surface area contributed by atoms with Gasteiger partial charge >= 0.3 is 0 Å². The van der Waals surface area contributed by atoms with Gasteiger partial charge in [0.1, 0.15) is 0 Å². The number of nitriles is 1. The Morgan fingerprint density at radius 3 is 2.56 bits per heavy atom. The number of rotatable bonds is 6. The van der Waals surface area contributed by atoms with E-state index in [4.69, 9.17) is 21.1 Å². The molecule has 0 aromatic heterocycles. The van der Waals surface area contributed by atoms with Crippen LogP contribution in [0.5, 0.6) is 11.5 Å². The molecule has 5 nitrogen and oxygen atoms in total. The number of Topliss-reactive ketones (excluding diaryl/α,β-unsaturated/α-hetero) is 1. The fraction of sp³-hybridized carbons (Fsp3) is 0.333. The summed E-state index contributed by atoms with van der Waals surface area (Å²) in [6.45, 7) is 4.20. The summed E-state index contributed by atoms with van der Waals surface area (Å²) in [6.07, 6.45) is 1.17. The van der Waals surface area contributed by atoms with Crippen LogP contribution >= 0.6 is 23.4 Å². The van der Waals surface area contributed by atoms with Crippen molar-refractivity contribution >= 4 is 29.1 Å². The van der Waals surface area contributed by atoms with E-state index in [0.717, 1.165) is 28.3 Å². The van der Waals surface area contributed by atoms with Crippen molar-refractivity contribution in [2.45, 2.75) is 38.4 Å². The van der Waals surface area contributed by atoms with Gasteiger partial charge in [0.2, 0.25) is 0 Å². The number of carbonyl (C=O) groups is 1. The van der Waals surface area contributed by atoms with E-state index in [2.05, 4.69) is 25.2 Å². The molecule has 0 unspecified atom stereocenters. The molecule has 1 aliphatic heterocycles. The monoisotopic (exact) mass is 494 g/mol. The van der Waals surface area contributed by atoms with Crippen molar-refractivity contribution < 1.29 is 14.3 Å². The average Bonchev–Trinajstić information content (AvgIpc) is 2.81. The highest BCUT2D eigenvalue weighted by Crippen LogP contribution is 2.49. The van der Waals surface area contributed by atoms with E-state index in [-0.39, 0.29) is 11.2 Å². The smallest absolute Gasteiger partial charge is 0.162 e. The summed E-state index contributed by atoms with van der Waals surface area (Å²) in [6, 6.07) is 15.7. The normalized spacial score (nSPS) is 19.3. The third-order valence-electron chi connectivity index (χ3n) is 6.20. The first-order chi connectivity index (χ1) is 16.3. The Bertz CT molecular complexity index is 1240. The summed E-state index contributed by atoms with van der Waals surface area (Å²) in [5.41, 5.74) is 3.74. The van der Waals surface area contributed by atoms with Crippen LogP contribution in [0.1, 0.15) is 43.7 Å². The van der Waals surface area contributed by atoms with Crippen molar-refractivity contribution in [2.75, 3.05) is 14.2 Å². The SMILES string of the molecule is COc1ccc([C@@H]2C(C#N)=C(SCc3ccccc3Cl)NC3=C2C(=O)CC(C)(C)C3)cc1OC. The lowest BCUT2D eigenvalue weighted by Crippen LogP contribution is -2.36. The molecule has 0 amide bonds. The molecule has 2 aliphatic rings. The van der Waals surface area contributed by atoms with Crippen LogP contribution < -0.4 is 14.8 Å². The van der Waals surface area contributed by atoms with Gasteiger partial charge in [-0.1, -0.05) is 49.7 Å². The molecule has 0 spiro atoms. The van der Waals surface area contributed by atoms with Gasteiger partial charge in [-0.3, -0.25) is 4.79 Å². The van der Waals surface area contributed by atoms with Gasteiger partial charge in [0, 0.05) is 28.5 Å². The highest BCUT2D eigenvalue weighted by Gasteiger charge is 2.42. The fourth-order valence-corrected chi connectivity index (χ4v) is 5.97. The second-order valence-corrected chi connectivity index (χ2v) is 10.6. The molecule has 1 heterocycles. The Labute approximate surface area is 209 Å². The number of carbonyl (C=O) groups excluding carboxylic acids is 1. The summed E-state index contributed by atoms with van der Waals surface area (Å²) in [5, 5.41) is 15.2. The molecule has 2 aromatic carbocycles. The molecule has 0 saturated carbocycles. The Hall–Kier alpha value is -2.88. The molecule has 1 aliphatic carbocycles. The van der Waals surface area contributed by atoms with Crippen molar-refractivity contribution in [2.24, 2.45) is 5.41 Å². The third kappa shape index (κ3) is 4.68. The molecule has 1 atom stereocenters. The topological polar surface area (TPSA) is 71.3 Å². The number of ether oxygens (including phenoxy) is 2. The second-order valence-electron chi connectivity index (χ2n) is 9.24. The van der Waals surface area contributed by atoms with E-state index in [0.29, 0.717) is 39.8 Å². The van der Waals surface area contributed by atoms with Crippen LogP contribution in [0.15, 0.2) is 64.3 Å². The maximum absolute atomic E-state index is 13.4. The molecule has 7 heteroatoms. The molecule has 0 saturated heterocycles. The number of allylic oxidation sites excluding steroid dienone is 3. The summed E-state index contributed by atoms with van der Waals surface area (Å²) < 4.78 is 10.9. The van der Waals surface area contributed by atoms with Crippen LogP contribution in [0.4, 0.5) is 0 Å². The molecule has 0 radical (unpaired) electrons. The van der Waals surface area contributed by atoms with Crippen LogP contribution in [0.25, 0.3) is 0 Å². The predicted molar refractivity (Wildman–Crippen MR) is 136 cm³/mol. The molecule has 176 valence electrons. The molecule has 4 rings (SSSR count). The number of methoxy groups -OCH3 is 2. The highest BCUT2D eigenvalue weighted by molar-refractivity contribution is 8.02. The first-order valence-electron chi connectivity index (χ1n) is 11.0. The van der Waals surface area contributed by atoms with Gasteiger partial charge in [-0.05, 0) is 41.2 Å². The van der Waals surface area contributed by atoms with Crippen LogP contribution in [0.2, 0.25) is 5.02 Å². The number of halogens is 1. The number of nitrogens with one attached hydrogen (secondary N) is 1. The quantitative estimate of drug-likeness (QED) is 0.504. The minimum absolute atomic E-state index is 0.0708. The fourth-order valence-electron chi connectivity index (χ4n) is 4.62. The number of hydrogen-bond acceptors (Lipinski definition) is 6. The number of benzene rings is 2. The Morgan fingerprint density at radius 2 is 1.88 bits per heavy atom. The minimum Gasteiger partial charge on any atom is -0.493 e. The highest BCUT2D eigenvalue weighted by atomic mass is 35.5. The van der Waals surface area contributed by atoms with Crippen molar-refractivity contribution in [3.05, 3.63) is 80.5 Å². The lowest BCUT2D eigenvalue weighted by atomic mass is 9.69. The molecule has 2 aromatic rings. The number of hydrogen-bond donors (Lipinski definition) is 1. The molecule has 1 N–H and O–H groups in total. The molecule has 34 heavy (non-hydrogen) atoms. The number of ketones is 1. The number of dihydropyridines is 1. The second kappa shape index (κ2) is 9.77. The van der Waals surface area contributed by atoms with Crippen LogP contribution in [-0.2, 0) is 10.5 Å². The maximum Gasteiger partial charge on any atom is 0.162 e. The van der Waals surface area contributed by atoms with E-state index in [1.54, 1.807) is 14.2 Å². The molecule has 0 fully saturated rings. The van der Waals surface area contributed by atoms with Gasteiger partial charge in [-0.25, -0.2) is 0 Å². The van der Waals surface area contributed by atoms with Crippen molar-refractivity contribution in [3.8, 4) is 17.6 Å².